The molecule has 32 heavy (non-hydrogen) atoms. The number of para-hydroxylation sites is 1. The Hall–Kier alpha value is -2.95. The number of nitrogens with zero attached hydrogens (tertiary/aromatic N) is 1. The van der Waals surface area contributed by atoms with Crippen molar-refractivity contribution in [3.8, 4) is 11.5 Å². The van der Waals surface area contributed by atoms with Gasteiger partial charge in [-0.25, -0.2) is 8.42 Å². The molecule has 0 atom stereocenters. The van der Waals surface area contributed by atoms with Gasteiger partial charge in [0.2, 0.25) is 15.9 Å². The fraction of sp³-hybridized carbons (Fsp3) is 0.381. The van der Waals surface area contributed by atoms with E-state index in [0.29, 0.717) is 15.8 Å². The maximum atomic E-state index is 13.3. The van der Waals surface area contributed by atoms with E-state index in [-0.39, 0.29) is 38.4 Å². The van der Waals surface area contributed by atoms with Gasteiger partial charge in [0, 0.05) is 19.0 Å². The minimum atomic E-state index is -4.71. The number of carbonyl (C=O) groups is 1. The highest BCUT2D eigenvalue weighted by Gasteiger charge is 2.36. The van der Waals surface area contributed by atoms with Gasteiger partial charge in [-0.3, -0.25) is 9.10 Å². The monoisotopic (exact) mass is 474 g/mol. The molecule has 7 nitrogen and oxygen atoms in total. The minimum absolute atomic E-state index is 0.0435. The van der Waals surface area contributed by atoms with Gasteiger partial charge in [0.05, 0.1) is 31.2 Å². The van der Waals surface area contributed by atoms with Crippen LogP contribution >= 0.6 is 0 Å². The smallest absolute Gasteiger partial charge is 0.418 e. The van der Waals surface area contributed by atoms with E-state index in [2.05, 4.69) is 5.32 Å². The molecule has 176 valence electrons. The molecule has 0 aromatic heterocycles. The van der Waals surface area contributed by atoms with E-state index in [9.17, 15) is 26.4 Å². The van der Waals surface area contributed by atoms with Crippen molar-refractivity contribution in [1.82, 2.24) is 5.32 Å². The van der Waals surface area contributed by atoms with Crippen LogP contribution in [-0.2, 0) is 21.0 Å². The lowest BCUT2D eigenvalue weighted by atomic mass is 10.1. The number of carbonyl (C=O) groups excluding carboxylic acids is 1. The summed E-state index contributed by atoms with van der Waals surface area (Å²) < 4.78 is 75.3. The summed E-state index contributed by atoms with van der Waals surface area (Å²) in [5.41, 5.74) is -1.51. The predicted octanol–water partition coefficient (Wildman–Crippen LogP) is 3.46. The van der Waals surface area contributed by atoms with E-state index in [4.69, 9.17) is 9.47 Å². The number of ether oxygens (including phenoxy) is 2. The highest BCUT2D eigenvalue weighted by atomic mass is 32.2. The van der Waals surface area contributed by atoms with E-state index < -0.39 is 27.5 Å². The summed E-state index contributed by atoms with van der Waals surface area (Å²) >= 11 is 0. The van der Waals surface area contributed by atoms with E-state index >= 15 is 0 Å². The van der Waals surface area contributed by atoms with E-state index in [1.165, 1.54) is 19.2 Å². The lowest BCUT2D eigenvalue weighted by Crippen LogP contribution is -2.34. The first-order valence-corrected chi connectivity index (χ1v) is 11.5. The largest absolute Gasteiger partial charge is 0.497 e. The zero-order chi connectivity index (χ0) is 23.8. The molecule has 0 saturated carbocycles. The topological polar surface area (TPSA) is 84.9 Å². The molecule has 0 aliphatic carbocycles. The molecular weight excluding hydrogens is 449 g/mol. The van der Waals surface area contributed by atoms with Crippen molar-refractivity contribution < 1.29 is 35.9 Å². The number of hydrogen-bond donors (Lipinski definition) is 1. The quantitative estimate of drug-likeness (QED) is 0.505. The maximum Gasteiger partial charge on any atom is 0.418 e. The first kappa shape index (κ1) is 25.3. The maximum absolute atomic E-state index is 13.3. The second-order valence-corrected chi connectivity index (χ2v) is 8.74. The van der Waals surface area contributed by atoms with Crippen molar-refractivity contribution in [3.63, 3.8) is 0 Å². The fourth-order valence-electron chi connectivity index (χ4n) is 2.92. The summed E-state index contributed by atoms with van der Waals surface area (Å²) in [6.07, 6.45) is -3.89. The Labute approximate surface area is 185 Å². The molecule has 0 saturated heterocycles. The first-order chi connectivity index (χ1) is 15.0. The molecule has 2 rings (SSSR count). The van der Waals surface area contributed by atoms with E-state index in [1.807, 2.05) is 0 Å². The van der Waals surface area contributed by atoms with Crippen molar-refractivity contribution >= 4 is 21.6 Å². The lowest BCUT2D eigenvalue weighted by molar-refractivity contribution is -0.137. The van der Waals surface area contributed by atoms with Gasteiger partial charge in [-0.1, -0.05) is 18.2 Å². The summed E-state index contributed by atoms with van der Waals surface area (Å²) in [5, 5.41) is 2.63. The number of benzene rings is 2. The van der Waals surface area contributed by atoms with Crippen LogP contribution in [-0.4, -0.2) is 47.4 Å². The van der Waals surface area contributed by atoms with Gasteiger partial charge >= 0.3 is 6.18 Å². The van der Waals surface area contributed by atoms with Gasteiger partial charge in [-0.2, -0.15) is 13.2 Å². The zero-order valence-corrected chi connectivity index (χ0v) is 18.5. The Balaban J connectivity index is 1.86. The van der Waals surface area contributed by atoms with Crippen LogP contribution in [0.1, 0.15) is 18.4 Å². The average Bonchev–Trinajstić information content (AvgIpc) is 2.73. The second kappa shape index (κ2) is 11.1. The molecule has 2 aromatic rings. The molecule has 0 spiro atoms. The molecule has 0 radical (unpaired) electrons. The van der Waals surface area contributed by atoms with Crippen molar-refractivity contribution in [2.75, 3.05) is 37.4 Å². The molecule has 0 unspecified atom stereocenters. The number of nitrogens with one attached hydrogen (secondary N) is 1. The summed E-state index contributed by atoms with van der Waals surface area (Å²) in [6, 6.07) is 11.4. The van der Waals surface area contributed by atoms with Crippen molar-refractivity contribution in [2.24, 2.45) is 0 Å². The molecule has 0 aliphatic rings. The number of hydrogen-bond acceptors (Lipinski definition) is 5. The molecule has 0 heterocycles. The molecule has 0 bridgehead atoms. The number of halogens is 3. The Morgan fingerprint density at radius 2 is 1.78 bits per heavy atom. The molecule has 2 aromatic carbocycles. The highest BCUT2D eigenvalue weighted by Crippen LogP contribution is 2.37. The first-order valence-electron chi connectivity index (χ1n) is 9.70. The number of anilines is 1. The Morgan fingerprint density at radius 3 is 2.44 bits per heavy atom. The van der Waals surface area contributed by atoms with Gasteiger partial charge < -0.3 is 14.8 Å². The van der Waals surface area contributed by atoms with Crippen LogP contribution in [0.25, 0.3) is 0 Å². The van der Waals surface area contributed by atoms with Crippen LogP contribution in [0.3, 0.4) is 0 Å². The minimum Gasteiger partial charge on any atom is -0.497 e. The highest BCUT2D eigenvalue weighted by molar-refractivity contribution is 7.92. The fourth-order valence-corrected chi connectivity index (χ4v) is 3.89. The van der Waals surface area contributed by atoms with Crippen LogP contribution in [0, 0.1) is 0 Å². The van der Waals surface area contributed by atoms with Crippen LogP contribution in [0.2, 0.25) is 0 Å². The predicted molar refractivity (Wildman–Crippen MR) is 114 cm³/mol. The van der Waals surface area contributed by atoms with E-state index in [1.54, 1.807) is 24.3 Å². The van der Waals surface area contributed by atoms with Crippen LogP contribution in [0.15, 0.2) is 48.5 Å². The average molecular weight is 475 g/mol. The second-order valence-electron chi connectivity index (χ2n) is 6.83. The molecular formula is C21H25F3N2O5S. The van der Waals surface area contributed by atoms with Crippen LogP contribution in [0.5, 0.6) is 11.5 Å². The Kier molecular flexibility index (Phi) is 8.76. The SMILES string of the molecule is COc1cccc(OCCNC(=O)CCCN(c2ccccc2C(F)(F)F)S(C)(=O)=O)c1. The molecule has 0 fully saturated rings. The third-order valence-corrected chi connectivity index (χ3v) is 5.56. The zero-order valence-electron chi connectivity index (χ0n) is 17.7. The van der Waals surface area contributed by atoms with Gasteiger partial charge in [0.1, 0.15) is 18.1 Å². The third-order valence-electron chi connectivity index (χ3n) is 4.38. The van der Waals surface area contributed by atoms with Crippen molar-refractivity contribution in [3.05, 3.63) is 54.1 Å². The lowest BCUT2D eigenvalue weighted by Gasteiger charge is -2.25. The number of alkyl halides is 3. The third kappa shape index (κ3) is 7.63. The van der Waals surface area contributed by atoms with Gasteiger partial charge in [-0.15, -0.1) is 0 Å². The number of sulfonamides is 1. The number of rotatable bonds is 11. The van der Waals surface area contributed by atoms with Gasteiger partial charge in [0.15, 0.2) is 0 Å². The molecule has 1 N–H and O–H groups in total. The molecule has 11 heteroatoms. The number of methoxy groups -OCH3 is 1. The van der Waals surface area contributed by atoms with E-state index in [0.717, 1.165) is 18.4 Å². The van der Waals surface area contributed by atoms with Crippen molar-refractivity contribution in [1.29, 1.82) is 0 Å². The Bertz CT molecular complexity index is 1010. The molecule has 0 aliphatic heterocycles. The van der Waals surface area contributed by atoms with Crippen LogP contribution < -0.4 is 19.1 Å². The standard InChI is InChI=1S/C21H25F3N2O5S/c1-30-16-7-5-8-17(15-16)31-14-12-25-20(27)11-6-13-26(32(2,28)29)19-10-4-3-9-18(19)21(22,23)24/h3-5,7-10,15H,6,11-14H2,1-2H3,(H,25,27). The van der Waals surface area contributed by atoms with Crippen molar-refractivity contribution in [2.45, 2.75) is 19.0 Å². The summed E-state index contributed by atoms with van der Waals surface area (Å²) in [6.45, 7) is 0.149. The normalized spacial score (nSPS) is 11.7. The summed E-state index contributed by atoms with van der Waals surface area (Å²) in [7, 11) is -2.45. The summed E-state index contributed by atoms with van der Waals surface area (Å²) in [4.78, 5) is 12.0. The summed E-state index contributed by atoms with van der Waals surface area (Å²) in [5.74, 6) is 0.844. The van der Waals surface area contributed by atoms with Gasteiger partial charge in [0.25, 0.3) is 0 Å². The Morgan fingerprint density at radius 1 is 1.09 bits per heavy atom. The molecule has 1 amide bonds. The van der Waals surface area contributed by atoms with Crippen LogP contribution in [0.4, 0.5) is 18.9 Å². The van der Waals surface area contributed by atoms with Gasteiger partial charge in [-0.05, 0) is 30.7 Å². The number of amides is 1.